The molecule has 43 heavy (non-hydrogen) atoms. The molecule has 1 aliphatic heterocycles. The van der Waals surface area contributed by atoms with Crippen LogP contribution < -0.4 is 19.1 Å². The Labute approximate surface area is 250 Å². The van der Waals surface area contributed by atoms with Crippen LogP contribution in [0.2, 0.25) is 5.02 Å². The van der Waals surface area contributed by atoms with Crippen LogP contribution >= 0.6 is 11.6 Å². The van der Waals surface area contributed by atoms with Crippen molar-refractivity contribution in [1.29, 1.82) is 0 Å². The lowest BCUT2D eigenvalue weighted by molar-refractivity contribution is -0.137. The van der Waals surface area contributed by atoms with Gasteiger partial charge >= 0.3 is 6.18 Å². The van der Waals surface area contributed by atoms with Crippen molar-refractivity contribution in [3.05, 3.63) is 108 Å². The Morgan fingerprint density at radius 3 is 2.16 bits per heavy atom. The first-order chi connectivity index (χ1) is 20.2. The van der Waals surface area contributed by atoms with Gasteiger partial charge in [0, 0.05) is 16.4 Å². The van der Waals surface area contributed by atoms with Crippen molar-refractivity contribution in [2.45, 2.75) is 22.1 Å². The number of hydrogen-bond donors (Lipinski definition) is 2. The predicted molar refractivity (Wildman–Crippen MR) is 154 cm³/mol. The molecule has 9 nitrogen and oxygen atoms in total. The van der Waals surface area contributed by atoms with E-state index in [-0.39, 0.29) is 39.1 Å². The van der Waals surface area contributed by atoms with Gasteiger partial charge in [-0.05, 0) is 78.9 Å². The molecular formula is C28H21ClF3N3O6S2. The molecule has 224 valence electrons. The SMILES string of the molecule is O=C(Nc1ccc(S(=O)(=O)Nc2cccc(C(F)(F)F)c2)cc1)[C@H]1CN(S(=O)(=O)c2ccc(Cl)cc2)c2ccccc2O1. The summed E-state index contributed by atoms with van der Waals surface area (Å²) < 4.78 is 100. The van der Waals surface area contributed by atoms with E-state index in [9.17, 15) is 34.8 Å². The fraction of sp³-hybridized carbons (Fsp3) is 0.107. The van der Waals surface area contributed by atoms with Crippen molar-refractivity contribution in [3.8, 4) is 5.75 Å². The number of ether oxygens (including phenoxy) is 1. The number of rotatable bonds is 7. The smallest absolute Gasteiger partial charge is 0.416 e. The molecular weight excluding hydrogens is 631 g/mol. The van der Waals surface area contributed by atoms with Crippen LogP contribution in [-0.4, -0.2) is 35.4 Å². The van der Waals surface area contributed by atoms with E-state index in [1.165, 1.54) is 48.5 Å². The third kappa shape index (κ3) is 6.55. The highest BCUT2D eigenvalue weighted by atomic mass is 35.5. The Kier molecular flexibility index (Phi) is 8.03. The van der Waals surface area contributed by atoms with E-state index in [2.05, 4.69) is 10.0 Å². The van der Waals surface area contributed by atoms with E-state index in [4.69, 9.17) is 16.3 Å². The fourth-order valence-electron chi connectivity index (χ4n) is 4.21. The van der Waals surface area contributed by atoms with Crippen LogP contribution in [0, 0.1) is 0 Å². The second-order valence-corrected chi connectivity index (χ2v) is 13.2. The molecule has 5 rings (SSSR count). The number of hydrogen-bond acceptors (Lipinski definition) is 6. The maximum Gasteiger partial charge on any atom is 0.416 e. The average molecular weight is 652 g/mol. The highest BCUT2D eigenvalue weighted by Crippen LogP contribution is 2.37. The number of halogens is 4. The normalized spacial score (nSPS) is 15.3. The summed E-state index contributed by atoms with van der Waals surface area (Å²) in [5.41, 5.74) is -0.889. The summed E-state index contributed by atoms with van der Waals surface area (Å²) in [7, 11) is -8.38. The maximum atomic E-state index is 13.5. The van der Waals surface area contributed by atoms with Crippen molar-refractivity contribution in [2.75, 3.05) is 20.9 Å². The second-order valence-electron chi connectivity index (χ2n) is 9.26. The molecule has 0 aliphatic carbocycles. The zero-order chi connectivity index (χ0) is 31.0. The highest BCUT2D eigenvalue weighted by Gasteiger charge is 2.37. The third-order valence-corrected chi connectivity index (χ3v) is 9.75. The topological polar surface area (TPSA) is 122 Å². The lowest BCUT2D eigenvalue weighted by Gasteiger charge is -2.34. The number of fused-ring (bicyclic) bond motifs is 1. The molecule has 15 heteroatoms. The van der Waals surface area contributed by atoms with Crippen LogP contribution in [0.4, 0.5) is 30.2 Å². The number of carbonyl (C=O) groups excluding carboxylic acids is 1. The van der Waals surface area contributed by atoms with Gasteiger partial charge in [-0.15, -0.1) is 0 Å². The molecule has 4 aromatic rings. The minimum absolute atomic E-state index is 0.0386. The summed E-state index contributed by atoms with van der Waals surface area (Å²) in [6.45, 7) is -0.360. The van der Waals surface area contributed by atoms with Crippen molar-refractivity contribution < 1.29 is 39.5 Å². The molecule has 0 unspecified atom stereocenters. The number of amides is 1. The van der Waals surface area contributed by atoms with Gasteiger partial charge in [0.1, 0.15) is 5.75 Å². The number of nitrogens with zero attached hydrogens (tertiary/aromatic N) is 1. The largest absolute Gasteiger partial charge is 0.476 e. The molecule has 1 aliphatic rings. The molecule has 1 heterocycles. The lowest BCUT2D eigenvalue weighted by atomic mass is 10.2. The number of anilines is 3. The molecule has 0 spiro atoms. The summed E-state index contributed by atoms with van der Waals surface area (Å²) in [5.74, 6) is -0.544. The van der Waals surface area contributed by atoms with Gasteiger partial charge in [0.2, 0.25) is 0 Å². The second kappa shape index (κ2) is 11.4. The minimum Gasteiger partial charge on any atom is -0.476 e. The Morgan fingerprint density at radius 2 is 1.49 bits per heavy atom. The van der Waals surface area contributed by atoms with Gasteiger partial charge in [0.15, 0.2) is 6.10 Å². The van der Waals surface area contributed by atoms with E-state index < -0.39 is 43.8 Å². The van der Waals surface area contributed by atoms with Gasteiger partial charge < -0.3 is 10.1 Å². The molecule has 1 amide bonds. The summed E-state index contributed by atoms with van der Waals surface area (Å²) in [5, 5.41) is 2.92. The molecule has 1 atom stereocenters. The van der Waals surface area contributed by atoms with Crippen LogP contribution in [0.1, 0.15) is 5.56 Å². The van der Waals surface area contributed by atoms with Gasteiger partial charge in [-0.1, -0.05) is 29.8 Å². The summed E-state index contributed by atoms with van der Waals surface area (Å²) >= 11 is 5.91. The molecule has 0 bridgehead atoms. The molecule has 4 aromatic carbocycles. The van der Waals surface area contributed by atoms with Crippen LogP contribution in [0.3, 0.4) is 0 Å². The van der Waals surface area contributed by atoms with Gasteiger partial charge in [0.05, 0.1) is 27.6 Å². The number of carbonyl (C=O) groups is 1. The van der Waals surface area contributed by atoms with Crippen LogP contribution in [-0.2, 0) is 31.0 Å². The fourth-order valence-corrected chi connectivity index (χ4v) is 6.86. The number of nitrogens with one attached hydrogen (secondary N) is 2. The van der Waals surface area contributed by atoms with Gasteiger partial charge in [0.25, 0.3) is 26.0 Å². The zero-order valence-electron chi connectivity index (χ0n) is 21.7. The molecule has 0 radical (unpaired) electrons. The number of benzene rings is 4. The minimum atomic E-state index is -4.65. The van der Waals surface area contributed by atoms with E-state index in [0.29, 0.717) is 11.1 Å². The first kappa shape index (κ1) is 30.2. The Morgan fingerprint density at radius 1 is 0.837 bits per heavy atom. The first-order valence-electron chi connectivity index (χ1n) is 12.4. The van der Waals surface area contributed by atoms with Crippen LogP contribution in [0.15, 0.2) is 107 Å². The first-order valence-corrected chi connectivity index (χ1v) is 15.7. The van der Waals surface area contributed by atoms with Crippen molar-refractivity contribution in [2.24, 2.45) is 0 Å². The van der Waals surface area contributed by atoms with E-state index in [1.54, 1.807) is 18.2 Å². The Hall–Kier alpha value is -4.27. The van der Waals surface area contributed by atoms with Gasteiger partial charge in [-0.25, -0.2) is 16.8 Å². The van der Waals surface area contributed by atoms with E-state index >= 15 is 0 Å². The van der Waals surface area contributed by atoms with Crippen molar-refractivity contribution in [1.82, 2.24) is 0 Å². The molecule has 0 fully saturated rings. The Bertz CT molecular complexity index is 1890. The van der Waals surface area contributed by atoms with E-state index in [1.807, 2.05) is 0 Å². The van der Waals surface area contributed by atoms with Crippen LogP contribution in [0.25, 0.3) is 0 Å². The van der Waals surface area contributed by atoms with Crippen molar-refractivity contribution in [3.63, 3.8) is 0 Å². The monoisotopic (exact) mass is 651 g/mol. The summed E-state index contributed by atoms with van der Waals surface area (Å²) in [4.78, 5) is 12.9. The Balaban J connectivity index is 1.32. The molecule has 0 saturated heterocycles. The number of sulfonamides is 2. The highest BCUT2D eigenvalue weighted by molar-refractivity contribution is 7.93. The molecule has 0 saturated carbocycles. The zero-order valence-corrected chi connectivity index (χ0v) is 24.1. The standard InChI is InChI=1S/C28H21ClF3N3O6S2/c29-19-8-12-23(13-9-19)43(39,40)35-17-26(41-25-7-2-1-6-24(25)35)27(36)33-20-10-14-22(15-11-20)42(37,38)34-21-5-3-4-18(16-21)28(30,31)32/h1-16,26,34H,17H2,(H,33,36)/t26-/m1/s1. The maximum absolute atomic E-state index is 13.5. The predicted octanol–water partition coefficient (Wildman–Crippen LogP) is 5.75. The third-order valence-electron chi connectivity index (χ3n) is 6.30. The van der Waals surface area contributed by atoms with Gasteiger partial charge in [-0.3, -0.25) is 13.8 Å². The van der Waals surface area contributed by atoms with Crippen LogP contribution in [0.5, 0.6) is 5.75 Å². The van der Waals surface area contributed by atoms with Crippen molar-refractivity contribution >= 4 is 54.6 Å². The van der Waals surface area contributed by atoms with Gasteiger partial charge in [-0.2, -0.15) is 13.2 Å². The quantitative estimate of drug-likeness (QED) is 0.262. The average Bonchev–Trinajstić information content (AvgIpc) is 2.96. The molecule has 0 aromatic heterocycles. The summed E-state index contributed by atoms with van der Waals surface area (Å²) in [6, 6.07) is 20.5. The molecule has 2 N–H and O–H groups in total. The lowest BCUT2D eigenvalue weighted by Crippen LogP contribution is -2.48. The number of alkyl halides is 3. The number of para-hydroxylation sites is 2. The summed E-state index contributed by atoms with van der Waals surface area (Å²) in [6.07, 6.45) is -5.93. The van der Waals surface area contributed by atoms with E-state index in [0.717, 1.165) is 28.6 Å².